The average Bonchev–Trinajstić information content (AvgIpc) is 2.70. The molecule has 0 saturated heterocycles. The third-order valence-electron chi connectivity index (χ3n) is 3.54. The van der Waals surface area contributed by atoms with E-state index in [1.54, 1.807) is 0 Å². The Kier molecular flexibility index (Phi) is 4.48. The summed E-state index contributed by atoms with van der Waals surface area (Å²) in [5.74, 6) is -0.146. The number of aromatic nitrogens is 1. The first-order chi connectivity index (χ1) is 9.93. The quantitative estimate of drug-likeness (QED) is 0.907. The lowest BCUT2D eigenvalue weighted by molar-refractivity contribution is 0.0944. The molecule has 0 bridgehead atoms. The van der Waals surface area contributed by atoms with Crippen molar-refractivity contribution in [2.75, 3.05) is 13.2 Å². The number of rotatable bonds is 4. The molecule has 0 spiro atoms. The summed E-state index contributed by atoms with van der Waals surface area (Å²) in [4.78, 5) is 12.1. The number of hydrogen-bond donors (Lipinski definition) is 2. The third-order valence-corrected chi connectivity index (χ3v) is 3.54. The molecular weight excluding hydrogens is 264 g/mol. The number of aliphatic hydroxyl groups is 1. The summed E-state index contributed by atoms with van der Waals surface area (Å²) in [6.07, 6.45) is 0. The number of aliphatic hydroxyl groups excluding tert-OH is 1. The topological polar surface area (TPSA) is 54.3 Å². The zero-order chi connectivity index (χ0) is 15.6. The molecule has 112 valence electrons. The molecule has 0 atom stereocenters. The Morgan fingerprint density at radius 2 is 1.71 bits per heavy atom. The van der Waals surface area contributed by atoms with Gasteiger partial charge in [-0.05, 0) is 57.0 Å². The summed E-state index contributed by atoms with van der Waals surface area (Å²) in [6.45, 7) is 8.29. The van der Waals surface area contributed by atoms with Crippen molar-refractivity contribution >= 4 is 5.91 Å². The molecular formula is C17H22N2O2. The van der Waals surface area contributed by atoms with Gasteiger partial charge in [-0.25, -0.2) is 0 Å². The lowest BCUT2D eigenvalue weighted by Crippen LogP contribution is -2.26. The second-order valence-corrected chi connectivity index (χ2v) is 5.45. The zero-order valence-electron chi connectivity index (χ0n) is 13.0. The van der Waals surface area contributed by atoms with Crippen molar-refractivity contribution in [1.29, 1.82) is 0 Å². The lowest BCUT2D eigenvalue weighted by Gasteiger charge is -2.12. The molecule has 1 amide bonds. The van der Waals surface area contributed by atoms with Crippen LogP contribution in [0.15, 0.2) is 24.3 Å². The Balaban J connectivity index is 2.46. The number of nitrogens with one attached hydrogen (secondary N) is 1. The number of nitrogens with zero attached hydrogens (tertiary/aromatic N) is 1. The van der Waals surface area contributed by atoms with Crippen LogP contribution >= 0.6 is 0 Å². The van der Waals surface area contributed by atoms with E-state index in [1.807, 2.05) is 19.9 Å². The Morgan fingerprint density at radius 3 is 2.29 bits per heavy atom. The van der Waals surface area contributed by atoms with Crippen molar-refractivity contribution in [3.05, 3.63) is 52.3 Å². The van der Waals surface area contributed by atoms with E-state index in [1.165, 1.54) is 11.1 Å². The molecule has 4 heteroatoms. The number of amides is 1. The first kappa shape index (κ1) is 15.3. The van der Waals surface area contributed by atoms with Crippen LogP contribution in [0, 0.1) is 27.7 Å². The van der Waals surface area contributed by atoms with Crippen LogP contribution in [0.25, 0.3) is 5.69 Å². The van der Waals surface area contributed by atoms with Gasteiger partial charge >= 0.3 is 0 Å². The van der Waals surface area contributed by atoms with E-state index in [0.717, 1.165) is 17.1 Å². The van der Waals surface area contributed by atoms with E-state index < -0.39 is 0 Å². The molecule has 0 unspecified atom stereocenters. The Labute approximate surface area is 125 Å². The fraction of sp³-hybridized carbons (Fsp3) is 0.353. The van der Waals surface area contributed by atoms with Gasteiger partial charge in [0, 0.05) is 23.6 Å². The third kappa shape index (κ3) is 3.16. The Morgan fingerprint density at radius 1 is 1.10 bits per heavy atom. The summed E-state index contributed by atoms with van der Waals surface area (Å²) in [5, 5.41) is 11.5. The molecule has 0 aliphatic carbocycles. The van der Waals surface area contributed by atoms with Crippen LogP contribution < -0.4 is 5.32 Å². The molecule has 0 aliphatic heterocycles. The molecule has 0 radical (unpaired) electrons. The molecule has 2 aromatic rings. The molecule has 1 heterocycles. The van der Waals surface area contributed by atoms with Gasteiger partial charge in [0.15, 0.2) is 0 Å². The minimum Gasteiger partial charge on any atom is -0.395 e. The van der Waals surface area contributed by atoms with Crippen LogP contribution in [-0.2, 0) is 0 Å². The minimum absolute atomic E-state index is 0.0540. The number of carbonyl (C=O) groups excluding carboxylic acids is 1. The van der Waals surface area contributed by atoms with E-state index in [2.05, 4.69) is 41.9 Å². The van der Waals surface area contributed by atoms with Gasteiger partial charge in [-0.3, -0.25) is 4.79 Å². The van der Waals surface area contributed by atoms with Crippen molar-refractivity contribution in [1.82, 2.24) is 9.88 Å². The van der Waals surface area contributed by atoms with Crippen LogP contribution in [0.5, 0.6) is 0 Å². The fourth-order valence-corrected chi connectivity index (χ4v) is 2.73. The molecule has 4 nitrogen and oxygen atoms in total. The minimum atomic E-state index is -0.146. The maximum Gasteiger partial charge on any atom is 0.253 e. The molecule has 2 rings (SSSR count). The van der Waals surface area contributed by atoms with Crippen LogP contribution in [0.4, 0.5) is 0 Å². The first-order valence-corrected chi connectivity index (χ1v) is 7.10. The van der Waals surface area contributed by atoms with Gasteiger partial charge in [0.05, 0.1) is 12.2 Å². The standard InChI is InChI=1S/C17H22N2O2/c1-11-7-12(2)9-15(8-11)19-13(3)10-16(14(19)4)17(21)18-5-6-20/h7-10,20H,5-6H2,1-4H3,(H,18,21). The SMILES string of the molecule is Cc1cc(C)cc(-n2c(C)cc(C(=O)NCCO)c2C)c1. The van der Waals surface area contributed by atoms with E-state index in [-0.39, 0.29) is 19.1 Å². The second kappa shape index (κ2) is 6.14. The second-order valence-electron chi connectivity index (χ2n) is 5.45. The predicted octanol–water partition coefficient (Wildman–Crippen LogP) is 2.43. The molecule has 0 aliphatic rings. The van der Waals surface area contributed by atoms with Crippen LogP contribution in [0.1, 0.15) is 32.9 Å². The van der Waals surface area contributed by atoms with Gasteiger partial charge in [-0.2, -0.15) is 0 Å². The van der Waals surface area contributed by atoms with Gasteiger partial charge in [0.25, 0.3) is 5.91 Å². The van der Waals surface area contributed by atoms with E-state index in [9.17, 15) is 4.79 Å². The maximum atomic E-state index is 12.1. The molecule has 1 aromatic heterocycles. The highest BCUT2D eigenvalue weighted by atomic mass is 16.3. The molecule has 0 fully saturated rings. The van der Waals surface area contributed by atoms with Crippen molar-refractivity contribution < 1.29 is 9.90 Å². The highest BCUT2D eigenvalue weighted by Crippen LogP contribution is 2.22. The molecule has 1 aromatic carbocycles. The monoisotopic (exact) mass is 286 g/mol. The predicted molar refractivity (Wildman–Crippen MR) is 84.1 cm³/mol. The van der Waals surface area contributed by atoms with Crippen LogP contribution in [-0.4, -0.2) is 28.7 Å². The zero-order valence-corrected chi connectivity index (χ0v) is 13.0. The van der Waals surface area contributed by atoms with Crippen LogP contribution in [0.3, 0.4) is 0 Å². The van der Waals surface area contributed by atoms with Gasteiger partial charge in [0.2, 0.25) is 0 Å². The Hall–Kier alpha value is -2.07. The normalized spacial score (nSPS) is 10.7. The summed E-state index contributed by atoms with van der Waals surface area (Å²) < 4.78 is 2.09. The highest BCUT2D eigenvalue weighted by Gasteiger charge is 2.16. The van der Waals surface area contributed by atoms with Gasteiger partial charge in [0.1, 0.15) is 0 Å². The molecule has 0 saturated carbocycles. The van der Waals surface area contributed by atoms with Crippen LogP contribution in [0.2, 0.25) is 0 Å². The van der Waals surface area contributed by atoms with Gasteiger partial charge in [-0.15, -0.1) is 0 Å². The lowest BCUT2D eigenvalue weighted by atomic mass is 10.1. The molecule has 2 N–H and O–H groups in total. The maximum absolute atomic E-state index is 12.1. The van der Waals surface area contributed by atoms with E-state index in [4.69, 9.17) is 5.11 Å². The number of benzene rings is 1. The highest BCUT2D eigenvalue weighted by molar-refractivity contribution is 5.95. The number of hydrogen-bond acceptors (Lipinski definition) is 2. The van der Waals surface area contributed by atoms with E-state index in [0.29, 0.717) is 5.56 Å². The van der Waals surface area contributed by atoms with Gasteiger partial charge in [-0.1, -0.05) is 6.07 Å². The fourth-order valence-electron chi connectivity index (χ4n) is 2.73. The average molecular weight is 286 g/mol. The van der Waals surface area contributed by atoms with Gasteiger partial charge < -0.3 is 15.0 Å². The van der Waals surface area contributed by atoms with E-state index >= 15 is 0 Å². The summed E-state index contributed by atoms with van der Waals surface area (Å²) >= 11 is 0. The molecule has 21 heavy (non-hydrogen) atoms. The van der Waals surface area contributed by atoms with Crippen molar-refractivity contribution in [2.45, 2.75) is 27.7 Å². The summed E-state index contributed by atoms with van der Waals surface area (Å²) in [6, 6.07) is 8.25. The number of carbonyl (C=O) groups is 1. The largest absolute Gasteiger partial charge is 0.395 e. The van der Waals surface area contributed by atoms with Crippen molar-refractivity contribution in [2.24, 2.45) is 0 Å². The smallest absolute Gasteiger partial charge is 0.253 e. The summed E-state index contributed by atoms with van der Waals surface area (Å²) in [5.41, 5.74) is 6.05. The number of aryl methyl sites for hydroxylation is 3. The Bertz CT molecular complexity index is 651. The van der Waals surface area contributed by atoms with Crippen molar-refractivity contribution in [3.8, 4) is 5.69 Å². The first-order valence-electron chi connectivity index (χ1n) is 7.10. The summed E-state index contributed by atoms with van der Waals surface area (Å²) in [7, 11) is 0. The van der Waals surface area contributed by atoms with Crippen molar-refractivity contribution in [3.63, 3.8) is 0 Å².